The topological polar surface area (TPSA) is 56.9 Å². The van der Waals surface area contributed by atoms with E-state index in [-0.39, 0.29) is 5.57 Å². The van der Waals surface area contributed by atoms with Crippen LogP contribution in [0.2, 0.25) is 0 Å². The van der Waals surface area contributed by atoms with Crippen LogP contribution in [0.1, 0.15) is 17.2 Å². The Morgan fingerprint density at radius 1 is 1.67 bits per heavy atom. The van der Waals surface area contributed by atoms with Crippen molar-refractivity contribution in [1.29, 1.82) is 5.26 Å². The monoisotopic (exact) mass is 222 g/mol. The van der Waals surface area contributed by atoms with Gasteiger partial charge < -0.3 is 5.11 Å². The summed E-state index contributed by atoms with van der Waals surface area (Å²) in [6.07, 6.45) is 2.92. The zero-order valence-corrected chi connectivity index (χ0v) is 8.91. The number of nitrogens with zero attached hydrogens (tertiary/aromatic N) is 2. The SMILES string of the molecule is C=C(C#N)C(O)c1cncc(CCCl)c1. The van der Waals surface area contributed by atoms with E-state index < -0.39 is 6.10 Å². The summed E-state index contributed by atoms with van der Waals surface area (Å²) in [4.78, 5) is 3.97. The van der Waals surface area contributed by atoms with E-state index in [1.165, 1.54) is 6.20 Å². The molecule has 1 rings (SSSR count). The van der Waals surface area contributed by atoms with Gasteiger partial charge in [-0.2, -0.15) is 5.26 Å². The van der Waals surface area contributed by atoms with Gasteiger partial charge in [-0.05, 0) is 18.1 Å². The Hall–Kier alpha value is -1.37. The number of halogens is 1. The maximum absolute atomic E-state index is 9.69. The fourth-order valence-electron chi connectivity index (χ4n) is 1.17. The molecule has 0 saturated carbocycles. The van der Waals surface area contributed by atoms with E-state index in [4.69, 9.17) is 16.9 Å². The van der Waals surface area contributed by atoms with E-state index >= 15 is 0 Å². The summed E-state index contributed by atoms with van der Waals surface area (Å²) in [5, 5.41) is 18.3. The average molecular weight is 223 g/mol. The molecule has 4 heteroatoms. The lowest BCUT2D eigenvalue weighted by Crippen LogP contribution is -2.01. The Morgan fingerprint density at radius 3 is 3.00 bits per heavy atom. The molecule has 0 aliphatic carbocycles. The van der Waals surface area contributed by atoms with Gasteiger partial charge in [-0.25, -0.2) is 0 Å². The number of hydrogen-bond acceptors (Lipinski definition) is 3. The van der Waals surface area contributed by atoms with E-state index in [2.05, 4.69) is 11.6 Å². The van der Waals surface area contributed by atoms with Crippen LogP contribution in [0, 0.1) is 11.3 Å². The zero-order valence-electron chi connectivity index (χ0n) is 8.15. The van der Waals surface area contributed by atoms with Crippen LogP contribution < -0.4 is 0 Å². The molecule has 0 aliphatic rings. The minimum Gasteiger partial charge on any atom is -0.383 e. The number of pyridine rings is 1. The summed E-state index contributed by atoms with van der Waals surface area (Å²) >= 11 is 5.60. The van der Waals surface area contributed by atoms with Gasteiger partial charge >= 0.3 is 0 Å². The first-order chi connectivity index (χ1) is 7.19. The van der Waals surface area contributed by atoms with E-state index in [1.807, 2.05) is 6.07 Å². The van der Waals surface area contributed by atoms with Crippen molar-refractivity contribution in [2.75, 3.05) is 5.88 Å². The predicted molar refractivity (Wildman–Crippen MR) is 58.4 cm³/mol. The summed E-state index contributed by atoms with van der Waals surface area (Å²) in [6.45, 7) is 3.46. The third-order valence-corrected chi connectivity index (χ3v) is 2.18. The first kappa shape index (κ1) is 11.7. The second-order valence-corrected chi connectivity index (χ2v) is 3.48. The maximum Gasteiger partial charge on any atom is 0.115 e. The summed E-state index contributed by atoms with van der Waals surface area (Å²) in [6, 6.07) is 3.60. The Labute approximate surface area is 93.6 Å². The molecule has 1 N–H and O–H groups in total. The van der Waals surface area contributed by atoms with Crippen LogP contribution >= 0.6 is 11.6 Å². The summed E-state index contributed by atoms with van der Waals surface area (Å²) in [5.74, 6) is 0.500. The van der Waals surface area contributed by atoms with Crippen LogP contribution in [0.25, 0.3) is 0 Å². The lowest BCUT2D eigenvalue weighted by Gasteiger charge is -2.09. The number of aliphatic hydroxyl groups is 1. The second kappa shape index (κ2) is 5.50. The zero-order chi connectivity index (χ0) is 11.3. The molecule has 0 bridgehead atoms. The molecule has 0 aromatic carbocycles. The number of nitriles is 1. The van der Waals surface area contributed by atoms with E-state index in [9.17, 15) is 5.11 Å². The van der Waals surface area contributed by atoms with Crippen molar-refractivity contribution in [3.8, 4) is 6.07 Å². The normalized spacial score (nSPS) is 11.8. The quantitative estimate of drug-likeness (QED) is 0.626. The largest absolute Gasteiger partial charge is 0.383 e. The van der Waals surface area contributed by atoms with Gasteiger partial charge in [0.15, 0.2) is 0 Å². The molecule has 78 valence electrons. The number of alkyl halides is 1. The molecule has 0 saturated heterocycles. The first-order valence-corrected chi connectivity index (χ1v) is 4.99. The van der Waals surface area contributed by atoms with Crippen molar-refractivity contribution in [2.45, 2.75) is 12.5 Å². The van der Waals surface area contributed by atoms with Crippen molar-refractivity contribution in [2.24, 2.45) is 0 Å². The highest BCUT2D eigenvalue weighted by molar-refractivity contribution is 6.17. The number of aliphatic hydroxyl groups excluding tert-OH is 1. The smallest absolute Gasteiger partial charge is 0.115 e. The highest BCUT2D eigenvalue weighted by Crippen LogP contribution is 2.19. The van der Waals surface area contributed by atoms with E-state index in [0.717, 1.165) is 5.56 Å². The van der Waals surface area contributed by atoms with Crippen molar-refractivity contribution in [3.05, 3.63) is 41.7 Å². The number of hydrogen-bond donors (Lipinski definition) is 1. The van der Waals surface area contributed by atoms with E-state index in [0.29, 0.717) is 17.9 Å². The van der Waals surface area contributed by atoms with Gasteiger partial charge in [0.2, 0.25) is 0 Å². The molecule has 0 fully saturated rings. The molecule has 0 spiro atoms. The fraction of sp³-hybridized carbons (Fsp3) is 0.273. The summed E-state index contributed by atoms with van der Waals surface area (Å²) in [5.41, 5.74) is 1.62. The van der Waals surface area contributed by atoms with Crippen LogP contribution in [0.4, 0.5) is 0 Å². The molecule has 1 aromatic rings. The standard InChI is InChI=1S/C11H11ClN2O/c1-8(5-13)11(15)10-4-9(2-3-12)6-14-7-10/h4,6-7,11,15H,1-3H2. The average Bonchev–Trinajstić information content (AvgIpc) is 2.28. The third-order valence-electron chi connectivity index (χ3n) is 1.99. The van der Waals surface area contributed by atoms with Crippen molar-refractivity contribution in [1.82, 2.24) is 4.98 Å². The van der Waals surface area contributed by atoms with E-state index in [1.54, 1.807) is 12.3 Å². The second-order valence-electron chi connectivity index (χ2n) is 3.11. The molecular formula is C11H11ClN2O. The number of aromatic nitrogens is 1. The van der Waals surface area contributed by atoms with Crippen molar-refractivity contribution < 1.29 is 5.11 Å². The van der Waals surface area contributed by atoms with Crippen LogP contribution in [-0.2, 0) is 6.42 Å². The maximum atomic E-state index is 9.69. The highest BCUT2D eigenvalue weighted by Gasteiger charge is 2.11. The molecule has 0 aliphatic heterocycles. The molecule has 1 aromatic heterocycles. The van der Waals surface area contributed by atoms with Gasteiger partial charge in [0.05, 0.1) is 11.6 Å². The summed E-state index contributed by atoms with van der Waals surface area (Å²) < 4.78 is 0. The molecule has 0 radical (unpaired) electrons. The lowest BCUT2D eigenvalue weighted by molar-refractivity contribution is 0.220. The molecule has 1 heterocycles. The molecular weight excluding hydrogens is 212 g/mol. The van der Waals surface area contributed by atoms with Gasteiger partial charge in [-0.3, -0.25) is 4.98 Å². The fourth-order valence-corrected chi connectivity index (χ4v) is 1.38. The number of aryl methyl sites for hydroxylation is 1. The highest BCUT2D eigenvalue weighted by atomic mass is 35.5. The minimum atomic E-state index is -0.974. The van der Waals surface area contributed by atoms with Crippen LogP contribution in [0.5, 0.6) is 0 Å². The van der Waals surface area contributed by atoms with Gasteiger partial charge in [-0.15, -0.1) is 11.6 Å². The van der Waals surface area contributed by atoms with Crippen LogP contribution in [-0.4, -0.2) is 16.0 Å². The Morgan fingerprint density at radius 2 is 2.40 bits per heavy atom. The molecule has 15 heavy (non-hydrogen) atoms. The van der Waals surface area contributed by atoms with Gasteiger partial charge in [0.1, 0.15) is 6.10 Å². The lowest BCUT2D eigenvalue weighted by atomic mass is 10.0. The minimum absolute atomic E-state index is 0.111. The van der Waals surface area contributed by atoms with Crippen molar-refractivity contribution >= 4 is 11.6 Å². The molecule has 1 unspecified atom stereocenters. The Balaban J connectivity index is 2.90. The Bertz CT molecular complexity index is 398. The van der Waals surface area contributed by atoms with Crippen LogP contribution in [0.15, 0.2) is 30.6 Å². The number of rotatable bonds is 4. The predicted octanol–water partition coefficient (Wildman–Crippen LogP) is 1.98. The van der Waals surface area contributed by atoms with Crippen molar-refractivity contribution in [3.63, 3.8) is 0 Å². The molecule has 1 atom stereocenters. The molecule has 0 amide bonds. The van der Waals surface area contributed by atoms with Gasteiger partial charge in [0.25, 0.3) is 0 Å². The Kier molecular flexibility index (Phi) is 4.29. The molecule has 3 nitrogen and oxygen atoms in total. The third kappa shape index (κ3) is 3.05. The van der Waals surface area contributed by atoms with Gasteiger partial charge in [-0.1, -0.05) is 6.58 Å². The first-order valence-electron chi connectivity index (χ1n) is 4.45. The summed E-state index contributed by atoms with van der Waals surface area (Å²) in [7, 11) is 0. The van der Waals surface area contributed by atoms with Crippen LogP contribution in [0.3, 0.4) is 0 Å². The van der Waals surface area contributed by atoms with Gasteiger partial charge in [0, 0.05) is 23.8 Å².